The van der Waals surface area contributed by atoms with Crippen LogP contribution in [0.15, 0.2) is 11.6 Å². The summed E-state index contributed by atoms with van der Waals surface area (Å²) in [6, 6.07) is 0. The van der Waals surface area contributed by atoms with Gasteiger partial charge in [0.15, 0.2) is 0 Å². The fourth-order valence-electron chi connectivity index (χ4n) is 7.31. The normalized spacial score (nSPS) is 52.2. The zero-order valence-corrected chi connectivity index (χ0v) is 15.0. The summed E-state index contributed by atoms with van der Waals surface area (Å²) in [6.07, 6.45) is 11.5. The summed E-state index contributed by atoms with van der Waals surface area (Å²) in [5.41, 5.74) is 2.11. The van der Waals surface area contributed by atoms with Crippen LogP contribution in [-0.2, 0) is 4.79 Å². The molecule has 0 aromatic heterocycles. The van der Waals surface area contributed by atoms with Gasteiger partial charge in [0.05, 0.1) is 6.10 Å². The topological polar surface area (TPSA) is 37.3 Å². The number of aliphatic hydroxyl groups is 1. The second-order valence-electron chi connectivity index (χ2n) is 9.44. The van der Waals surface area contributed by atoms with Crippen molar-refractivity contribution in [3.63, 3.8) is 0 Å². The standard InChI is InChI=1S/C21H32O2/c1-13(22)17-6-7-18-16-5-4-14-12-15(23)8-10-20(14,2)19(16)9-11-21(17,18)3/h4,15-19,23H,5-12H2,1-3H3/t15-,16-,17+,18?,19?,20-,21+/m0/s1. The van der Waals surface area contributed by atoms with Gasteiger partial charge in [0.2, 0.25) is 0 Å². The Hall–Kier alpha value is -0.630. The molecule has 0 aromatic rings. The molecule has 1 N–H and O–H groups in total. The second-order valence-corrected chi connectivity index (χ2v) is 9.44. The van der Waals surface area contributed by atoms with E-state index in [4.69, 9.17) is 0 Å². The summed E-state index contributed by atoms with van der Waals surface area (Å²) < 4.78 is 0. The van der Waals surface area contributed by atoms with Crippen molar-refractivity contribution in [2.24, 2.45) is 34.5 Å². The Balaban J connectivity index is 1.66. The number of hydrogen-bond acceptors (Lipinski definition) is 2. The van der Waals surface area contributed by atoms with Crippen molar-refractivity contribution in [2.75, 3.05) is 0 Å². The third-order valence-corrected chi connectivity index (χ3v) is 8.57. The number of hydrogen-bond donors (Lipinski definition) is 1. The summed E-state index contributed by atoms with van der Waals surface area (Å²) in [5, 5.41) is 10.1. The van der Waals surface area contributed by atoms with Crippen molar-refractivity contribution in [1.29, 1.82) is 0 Å². The molecule has 128 valence electrons. The highest BCUT2D eigenvalue weighted by Crippen LogP contribution is 2.66. The number of fused-ring (bicyclic) bond motifs is 5. The fourth-order valence-corrected chi connectivity index (χ4v) is 7.31. The zero-order valence-electron chi connectivity index (χ0n) is 15.0. The number of aliphatic hydroxyl groups excluding tert-OH is 1. The Morgan fingerprint density at radius 3 is 2.65 bits per heavy atom. The molecule has 4 rings (SSSR count). The number of carbonyl (C=O) groups excluding carboxylic acids is 1. The Kier molecular flexibility index (Phi) is 3.58. The molecule has 0 aromatic carbocycles. The van der Waals surface area contributed by atoms with E-state index in [-0.39, 0.29) is 11.5 Å². The summed E-state index contributed by atoms with van der Waals surface area (Å²) in [5.74, 6) is 3.00. The van der Waals surface area contributed by atoms with E-state index >= 15 is 0 Å². The van der Waals surface area contributed by atoms with Crippen molar-refractivity contribution in [3.05, 3.63) is 11.6 Å². The van der Waals surface area contributed by atoms with Crippen LogP contribution < -0.4 is 0 Å². The molecule has 3 fully saturated rings. The summed E-state index contributed by atoms with van der Waals surface area (Å²) in [4.78, 5) is 12.2. The van der Waals surface area contributed by atoms with Crippen LogP contribution in [0.2, 0.25) is 0 Å². The Labute approximate surface area is 140 Å². The van der Waals surface area contributed by atoms with Crippen molar-refractivity contribution < 1.29 is 9.90 Å². The molecular weight excluding hydrogens is 284 g/mol. The predicted octanol–water partition coefficient (Wildman–Crippen LogP) is 4.52. The first kappa shape index (κ1) is 15.9. The summed E-state index contributed by atoms with van der Waals surface area (Å²) >= 11 is 0. The Bertz CT molecular complexity index is 550. The molecule has 7 atom stereocenters. The SMILES string of the molecule is CC(=O)[C@H]1CCC2[C@@H]3CC=C4C[C@@H](O)CC[C@]4(C)C3CC[C@@]21C. The van der Waals surface area contributed by atoms with Crippen LogP contribution in [-0.4, -0.2) is 17.0 Å². The van der Waals surface area contributed by atoms with Gasteiger partial charge in [-0.25, -0.2) is 0 Å². The molecule has 2 heteroatoms. The monoisotopic (exact) mass is 316 g/mol. The van der Waals surface area contributed by atoms with Gasteiger partial charge in [-0.3, -0.25) is 4.79 Å². The first-order valence-electron chi connectivity index (χ1n) is 9.74. The van der Waals surface area contributed by atoms with E-state index in [1.54, 1.807) is 5.57 Å². The average Bonchev–Trinajstić information content (AvgIpc) is 2.85. The number of Topliss-reactive ketones (excluding diaryl/α,β-unsaturated/α-hetero) is 1. The van der Waals surface area contributed by atoms with Crippen LogP contribution in [0.4, 0.5) is 0 Å². The lowest BCUT2D eigenvalue weighted by Gasteiger charge is -2.57. The molecular formula is C21H32O2. The molecule has 4 aliphatic carbocycles. The molecule has 2 unspecified atom stereocenters. The molecule has 2 nitrogen and oxygen atoms in total. The maximum atomic E-state index is 12.2. The molecule has 0 spiro atoms. The van der Waals surface area contributed by atoms with Crippen molar-refractivity contribution in [3.8, 4) is 0 Å². The molecule has 0 aliphatic heterocycles. The van der Waals surface area contributed by atoms with Crippen molar-refractivity contribution >= 4 is 5.78 Å². The second kappa shape index (κ2) is 5.18. The highest BCUT2D eigenvalue weighted by molar-refractivity contribution is 5.79. The van der Waals surface area contributed by atoms with E-state index < -0.39 is 0 Å². The molecule has 0 amide bonds. The first-order chi connectivity index (χ1) is 10.9. The van der Waals surface area contributed by atoms with Crippen LogP contribution in [0.25, 0.3) is 0 Å². The number of carbonyl (C=O) groups is 1. The van der Waals surface area contributed by atoms with E-state index in [9.17, 15) is 9.90 Å². The van der Waals surface area contributed by atoms with Crippen molar-refractivity contribution in [2.45, 2.75) is 78.2 Å². The van der Waals surface area contributed by atoms with Gasteiger partial charge >= 0.3 is 0 Å². The van der Waals surface area contributed by atoms with Gasteiger partial charge < -0.3 is 5.11 Å². The third kappa shape index (κ3) is 2.13. The van der Waals surface area contributed by atoms with Gasteiger partial charge in [0, 0.05) is 5.92 Å². The van der Waals surface area contributed by atoms with Crippen LogP contribution in [0.1, 0.15) is 72.1 Å². The molecule has 0 heterocycles. The molecule has 0 radical (unpaired) electrons. The van der Waals surface area contributed by atoms with Crippen LogP contribution in [0.3, 0.4) is 0 Å². The van der Waals surface area contributed by atoms with Crippen LogP contribution >= 0.6 is 0 Å². The minimum absolute atomic E-state index is 0.117. The Morgan fingerprint density at radius 2 is 1.91 bits per heavy atom. The minimum Gasteiger partial charge on any atom is -0.393 e. The molecule has 4 aliphatic rings. The third-order valence-electron chi connectivity index (χ3n) is 8.57. The average molecular weight is 316 g/mol. The maximum Gasteiger partial charge on any atom is 0.133 e. The lowest BCUT2D eigenvalue weighted by Crippen LogP contribution is -2.50. The lowest BCUT2D eigenvalue weighted by atomic mass is 9.47. The van der Waals surface area contributed by atoms with E-state index in [1.165, 1.54) is 25.7 Å². The van der Waals surface area contributed by atoms with Gasteiger partial charge in [-0.2, -0.15) is 0 Å². The highest BCUT2D eigenvalue weighted by atomic mass is 16.3. The van der Waals surface area contributed by atoms with Gasteiger partial charge in [0.1, 0.15) is 5.78 Å². The smallest absolute Gasteiger partial charge is 0.133 e. The maximum absolute atomic E-state index is 12.2. The molecule has 0 bridgehead atoms. The summed E-state index contributed by atoms with van der Waals surface area (Å²) in [6.45, 7) is 6.70. The Morgan fingerprint density at radius 1 is 1.13 bits per heavy atom. The number of ketones is 1. The lowest BCUT2D eigenvalue weighted by molar-refractivity contribution is -0.127. The van der Waals surface area contributed by atoms with E-state index in [1.807, 2.05) is 6.92 Å². The summed E-state index contributed by atoms with van der Waals surface area (Å²) in [7, 11) is 0. The predicted molar refractivity (Wildman–Crippen MR) is 91.9 cm³/mol. The first-order valence-corrected chi connectivity index (χ1v) is 9.74. The van der Waals surface area contributed by atoms with Gasteiger partial charge in [0.25, 0.3) is 0 Å². The number of allylic oxidation sites excluding steroid dienone is 1. The molecule has 3 saturated carbocycles. The quantitative estimate of drug-likeness (QED) is 0.722. The largest absolute Gasteiger partial charge is 0.393 e. The van der Waals surface area contributed by atoms with E-state index in [2.05, 4.69) is 19.9 Å². The fraction of sp³-hybridized carbons (Fsp3) is 0.857. The van der Waals surface area contributed by atoms with Crippen LogP contribution in [0, 0.1) is 34.5 Å². The van der Waals surface area contributed by atoms with E-state index in [0.717, 1.165) is 43.4 Å². The van der Waals surface area contributed by atoms with Crippen molar-refractivity contribution in [1.82, 2.24) is 0 Å². The number of rotatable bonds is 1. The highest BCUT2D eigenvalue weighted by Gasteiger charge is 2.59. The van der Waals surface area contributed by atoms with Gasteiger partial charge in [-0.15, -0.1) is 0 Å². The molecule has 0 saturated heterocycles. The van der Waals surface area contributed by atoms with Gasteiger partial charge in [-0.05, 0) is 86.9 Å². The van der Waals surface area contributed by atoms with Gasteiger partial charge in [-0.1, -0.05) is 25.5 Å². The van der Waals surface area contributed by atoms with Crippen LogP contribution in [0.5, 0.6) is 0 Å². The molecule has 23 heavy (non-hydrogen) atoms. The van der Waals surface area contributed by atoms with E-state index in [0.29, 0.717) is 17.1 Å². The minimum atomic E-state index is -0.117. The zero-order chi connectivity index (χ0) is 16.4.